The first kappa shape index (κ1) is 17.5. The lowest BCUT2D eigenvalue weighted by Crippen LogP contribution is -2.42. The Morgan fingerprint density at radius 2 is 2.00 bits per heavy atom. The van der Waals surface area contributed by atoms with Crippen LogP contribution < -0.4 is 5.32 Å². The van der Waals surface area contributed by atoms with Crippen LogP contribution in [0.1, 0.15) is 38.3 Å². The highest BCUT2D eigenvalue weighted by atomic mass is 35.5. The molecule has 1 N–H and O–H groups in total. The van der Waals surface area contributed by atoms with Crippen molar-refractivity contribution in [3.05, 3.63) is 52.3 Å². The van der Waals surface area contributed by atoms with Crippen LogP contribution in [0.2, 0.25) is 10.0 Å². The third kappa shape index (κ3) is 3.12. The van der Waals surface area contributed by atoms with Crippen LogP contribution in [0.5, 0.6) is 0 Å². The van der Waals surface area contributed by atoms with Crippen molar-refractivity contribution in [2.75, 3.05) is 5.32 Å². The number of aliphatic imine (C=N–C) groups is 1. The van der Waals surface area contributed by atoms with Crippen molar-refractivity contribution < 1.29 is 4.79 Å². The number of carbonyl (C=O) groups is 1. The molecule has 1 aliphatic carbocycles. The Balaban J connectivity index is 1.89. The zero-order chi connectivity index (χ0) is 18.5. The maximum atomic E-state index is 13.1. The van der Waals surface area contributed by atoms with Crippen molar-refractivity contribution >= 4 is 46.1 Å². The average molecular weight is 388 g/mol. The molecule has 2 heterocycles. The van der Waals surface area contributed by atoms with E-state index in [0.717, 1.165) is 29.1 Å². The zero-order valence-electron chi connectivity index (χ0n) is 14.6. The van der Waals surface area contributed by atoms with E-state index in [-0.39, 0.29) is 23.2 Å². The van der Waals surface area contributed by atoms with Gasteiger partial charge in [0.05, 0.1) is 23.8 Å². The van der Waals surface area contributed by atoms with E-state index in [4.69, 9.17) is 28.2 Å². The predicted octanol–water partition coefficient (Wildman–Crippen LogP) is 5.63. The van der Waals surface area contributed by atoms with Crippen molar-refractivity contribution in [3.8, 4) is 0 Å². The van der Waals surface area contributed by atoms with E-state index in [1.807, 2.05) is 12.1 Å². The molecule has 2 atom stereocenters. The number of pyridine rings is 1. The molecular formula is C20H19Cl2N3O. The number of nitrogens with zero attached hydrogens (tertiary/aromatic N) is 2. The Morgan fingerprint density at radius 3 is 2.77 bits per heavy atom. The van der Waals surface area contributed by atoms with Crippen molar-refractivity contribution in [1.29, 1.82) is 0 Å². The summed E-state index contributed by atoms with van der Waals surface area (Å²) in [5.41, 5.74) is 3.25. The second-order valence-corrected chi connectivity index (χ2v) is 8.59. The van der Waals surface area contributed by atoms with Crippen LogP contribution in [0, 0.1) is 11.3 Å². The number of rotatable bonds is 1. The highest BCUT2D eigenvalue weighted by Gasteiger charge is 2.44. The average Bonchev–Trinajstić information content (AvgIpc) is 2.69. The highest BCUT2D eigenvalue weighted by Crippen LogP contribution is 2.46. The van der Waals surface area contributed by atoms with Gasteiger partial charge in [-0.05, 0) is 35.6 Å². The molecule has 6 heteroatoms. The molecule has 1 saturated carbocycles. The van der Waals surface area contributed by atoms with Gasteiger partial charge in [0, 0.05) is 28.4 Å². The number of benzene rings is 1. The number of nitrogens with one attached hydrogen (secondary N) is 1. The molecule has 0 amide bonds. The fourth-order valence-electron chi connectivity index (χ4n) is 3.93. The Hall–Kier alpha value is -1.91. The standard InChI is InChI=1S/C20H19Cl2N3O/c1-20(2)8-15-18(17(26)9-20)19(12-4-3-11(21)7-13(12)22)25-14-5-6-23-10-16(14)24-15/h3-7,10,18-19,25H,8-9H2,1-2H3. The van der Waals surface area contributed by atoms with Gasteiger partial charge in [-0.3, -0.25) is 14.8 Å². The lowest BCUT2D eigenvalue weighted by Gasteiger charge is -2.37. The van der Waals surface area contributed by atoms with Gasteiger partial charge in [0.25, 0.3) is 0 Å². The van der Waals surface area contributed by atoms with Gasteiger partial charge >= 0.3 is 0 Å². The quantitative estimate of drug-likeness (QED) is 0.689. The van der Waals surface area contributed by atoms with Gasteiger partial charge in [0.2, 0.25) is 0 Å². The summed E-state index contributed by atoms with van der Waals surface area (Å²) in [6.45, 7) is 4.22. The number of hydrogen-bond donors (Lipinski definition) is 1. The number of anilines is 1. The van der Waals surface area contributed by atoms with Crippen LogP contribution in [0.15, 0.2) is 41.7 Å². The molecule has 2 unspecified atom stereocenters. The van der Waals surface area contributed by atoms with Crippen molar-refractivity contribution in [3.63, 3.8) is 0 Å². The van der Waals surface area contributed by atoms with Crippen LogP contribution >= 0.6 is 23.2 Å². The van der Waals surface area contributed by atoms with Crippen molar-refractivity contribution in [2.24, 2.45) is 16.3 Å². The van der Waals surface area contributed by atoms with Crippen LogP contribution in [-0.4, -0.2) is 16.5 Å². The minimum Gasteiger partial charge on any atom is -0.375 e. The summed E-state index contributed by atoms with van der Waals surface area (Å²) in [4.78, 5) is 22.1. The normalized spacial score (nSPS) is 24.0. The number of Topliss-reactive ketones (excluding diaryl/α,β-unsaturated/α-hetero) is 1. The molecule has 0 saturated heterocycles. The molecule has 4 nitrogen and oxygen atoms in total. The van der Waals surface area contributed by atoms with Gasteiger partial charge in [-0.15, -0.1) is 0 Å². The lowest BCUT2D eigenvalue weighted by atomic mass is 9.68. The van der Waals surface area contributed by atoms with Gasteiger partial charge in [-0.2, -0.15) is 0 Å². The number of aromatic nitrogens is 1. The molecule has 2 aromatic rings. The summed E-state index contributed by atoms with van der Waals surface area (Å²) < 4.78 is 0. The molecular weight excluding hydrogens is 369 g/mol. The minimum absolute atomic E-state index is 0.104. The summed E-state index contributed by atoms with van der Waals surface area (Å²) in [7, 11) is 0. The van der Waals surface area contributed by atoms with Gasteiger partial charge in [-0.25, -0.2) is 0 Å². The Morgan fingerprint density at radius 1 is 1.19 bits per heavy atom. The van der Waals surface area contributed by atoms with E-state index in [9.17, 15) is 4.79 Å². The molecule has 134 valence electrons. The topological polar surface area (TPSA) is 54.4 Å². The largest absolute Gasteiger partial charge is 0.375 e. The van der Waals surface area contributed by atoms with E-state index in [1.165, 1.54) is 0 Å². The van der Waals surface area contributed by atoms with E-state index < -0.39 is 0 Å². The number of fused-ring (bicyclic) bond motifs is 2. The zero-order valence-corrected chi connectivity index (χ0v) is 16.1. The van der Waals surface area contributed by atoms with E-state index in [1.54, 1.807) is 24.5 Å². The SMILES string of the molecule is CC1(C)CC(=O)C2C(=Nc3cnccc3NC2c2ccc(Cl)cc2Cl)C1. The molecule has 1 fully saturated rings. The summed E-state index contributed by atoms with van der Waals surface area (Å²) in [5, 5.41) is 4.61. The lowest BCUT2D eigenvalue weighted by molar-refractivity contribution is -0.124. The molecule has 26 heavy (non-hydrogen) atoms. The fourth-order valence-corrected chi connectivity index (χ4v) is 4.46. The maximum absolute atomic E-state index is 13.1. The Labute approximate surface area is 162 Å². The first-order chi connectivity index (χ1) is 12.3. The summed E-state index contributed by atoms with van der Waals surface area (Å²) in [6.07, 6.45) is 4.73. The first-order valence-corrected chi connectivity index (χ1v) is 9.35. The van der Waals surface area contributed by atoms with Gasteiger partial charge in [0.15, 0.2) is 0 Å². The smallest absolute Gasteiger partial charge is 0.144 e. The molecule has 0 bridgehead atoms. The van der Waals surface area contributed by atoms with Gasteiger partial charge in [0.1, 0.15) is 11.5 Å². The number of carbonyl (C=O) groups excluding carboxylic acids is 1. The summed E-state index contributed by atoms with van der Waals surface area (Å²) in [6, 6.07) is 7.00. The third-order valence-corrected chi connectivity index (χ3v) is 5.59. The van der Waals surface area contributed by atoms with E-state index >= 15 is 0 Å². The molecule has 0 radical (unpaired) electrons. The third-order valence-electron chi connectivity index (χ3n) is 5.02. The van der Waals surface area contributed by atoms with Crippen LogP contribution in [0.25, 0.3) is 0 Å². The fraction of sp³-hybridized carbons (Fsp3) is 0.350. The minimum atomic E-state index is -0.353. The Bertz CT molecular complexity index is 923. The van der Waals surface area contributed by atoms with Gasteiger partial charge in [-0.1, -0.05) is 43.1 Å². The van der Waals surface area contributed by atoms with E-state index in [0.29, 0.717) is 16.5 Å². The number of ketones is 1. The number of halogens is 2. The van der Waals surface area contributed by atoms with Crippen molar-refractivity contribution in [1.82, 2.24) is 4.98 Å². The molecule has 1 aliphatic heterocycles. The van der Waals surface area contributed by atoms with Gasteiger partial charge < -0.3 is 5.32 Å². The molecule has 2 aliphatic rings. The molecule has 0 spiro atoms. The predicted molar refractivity (Wildman–Crippen MR) is 106 cm³/mol. The van der Waals surface area contributed by atoms with Crippen LogP contribution in [0.4, 0.5) is 11.4 Å². The van der Waals surface area contributed by atoms with Crippen LogP contribution in [-0.2, 0) is 4.79 Å². The summed E-state index contributed by atoms with van der Waals surface area (Å²) >= 11 is 12.6. The second kappa shape index (κ2) is 6.36. The van der Waals surface area contributed by atoms with Crippen LogP contribution in [0.3, 0.4) is 0 Å². The summed E-state index contributed by atoms with van der Waals surface area (Å²) in [5.74, 6) is -0.168. The first-order valence-electron chi connectivity index (χ1n) is 8.60. The maximum Gasteiger partial charge on any atom is 0.144 e. The monoisotopic (exact) mass is 387 g/mol. The van der Waals surface area contributed by atoms with Crippen molar-refractivity contribution in [2.45, 2.75) is 32.7 Å². The number of hydrogen-bond acceptors (Lipinski definition) is 4. The second-order valence-electron chi connectivity index (χ2n) is 7.75. The van der Waals surface area contributed by atoms with E-state index in [2.05, 4.69) is 24.1 Å². The highest BCUT2D eigenvalue weighted by molar-refractivity contribution is 6.35. The Kier molecular flexibility index (Phi) is 4.28. The molecule has 4 rings (SSSR count). The molecule has 1 aromatic carbocycles. The molecule has 1 aromatic heterocycles.